The number of piperidine rings is 1. The second-order valence-corrected chi connectivity index (χ2v) is 7.92. The Labute approximate surface area is 142 Å². The zero-order valence-corrected chi connectivity index (χ0v) is 14.3. The van der Waals surface area contributed by atoms with Crippen LogP contribution in [0, 0.1) is 11.8 Å². The lowest BCUT2D eigenvalue weighted by atomic mass is 9.93. The quantitative estimate of drug-likeness (QED) is 0.876. The Kier molecular flexibility index (Phi) is 4.14. The van der Waals surface area contributed by atoms with E-state index in [2.05, 4.69) is 17.4 Å². The summed E-state index contributed by atoms with van der Waals surface area (Å²) >= 11 is 12.3. The van der Waals surface area contributed by atoms with Crippen LogP contribution in [0.5, 0.6) is 0 Å². The largest absolute Gasteiger partial charge is 0.378 e. The van der Waals surface area contributed by atoms with Crippen LogP contribution in [0.15, 0.2) is 18.2 Å². The minimum atomic E-state index is 0.225. The number of halogens is 2. The lowest BCUT2D eigenvalue weighted by molar-refractivity contribution is 0.0170. The molecule has 1 aliphatic heterocycles. The molecule has 1 aromatic carbocycles. The molecule has 2 saturated carbocycles. The molecule has 1 N–H and O–H groups in total. The maximum absolute atomic E-state index is 6.26. The van der Waals surface area contributed by atoms with Gasteiger partial charge in [-0.1, -0.05) is 48.5 Å². The van der Waals surface area contributed by atoms with E-state index in [1.807, 2.05) is 6.07 Å². The van der Waals surface area contributed by atoms with Gasteiger partial charge in [0.15, 0.2) is 0 Å². The Morgan fingerprint density at radius 1 is 1.14 bits per heavy atom. The van der Waals surface area contributed by atoms with E-state index in [1.165, 1.54) is 37.7 Å². The topological polar surface area (TPSA) is 21.3 Å². The summed E-state index contributed by atoms with van der Waals surface area (Å²) in [7, 11) is 0. The highest BCUT2D eigenvalue weighted by Gasteiger charge is 2.67. The zero-order chi connectivity index (χ0) is 15.2. The van der Waals surface area contributed by atoms with Gasteiger partial charge in [-0.15, -0.1) is 0 Å². The monoisotopic (exact) mass is 339 g/mol. The van der Waals surface area contributed by atoms with Crippen LogP contribution in [-0.2, 0) is 10.2 Å². The fraction of sp³-hybridized carbons (Fsp3) is 0.667. The third-order valence-corrected chi connectivity index (χ3v) is 6.74. The van der Waals surface area contributed by atoms with Gasteiger partial charge in [0.25, 0.3) is 0 Å². The van der Waals surface area contributed by atoms with Gasteiger partial charge in [0, 0.05) is 12.0 Å². The average Bonchev–Trinajstić information content (AvgIpc) is 2.93. The van der Waals surface area contributed by atoms with Gasteiger partial charge in [0.2, 0.25) is 0 Å². The minimum absolute atomic E-state index is 0.225. The number of fused-ring (bicyclic) bond motifs is 1. The van der Waals surface area contributed by atoms with Crippen molar-refractivity contribution in [1.82, 2.24) is 5.32 Å². The lowest BCUT2D eigenvalue weighted by Gasteiger charge is -2.23. The van der Waals surface area contributed by atoms with E-state index in [1.54, 1.807) is 0 Å². The van der Waals surface area contributed by atoms with E-state index in [9.17, 15) is 0 Å². The molecule has 3 atom stereocenters. The van der Waals surface area contributed by atoms with Crippen LogP contribution in [0.4, 0.5) is 0 Å². The van der Waals surface area contributed by atoms with Gasteiger partial charge in [-0.25, -0.2) is 0 Å². The molecular weight excluding hydrogens is 317 g/mol. The van der Waals surface area contributed by atoms with E-state index in [4.69, 9.17) is 27.9 Å². The lowest BCUT2D eigenvalue weighted by Crippen LogP contribution is -2.27. The normalized spacial score (nSPS) is 34.6. The first-order chi connectivity index (χ1) is 10.7. The summed E-state index contributed by atoms with van der Waals surface area (Å²) in [6, 6.07) is 6.14. The van der Waals surface area contributed by atoms with Gasteiger partial charge in [-0.2, -0.15) is 0 Å². The molecule has 1 aromatic rings. The molecule has 0 spiro atoms. The van der Waals surface area contributed by atoms with Crippen molar-refractivity contribution in [3.8, 4) is 0 Å². The van der Waals surface area contributed by atoms with E-state index in [-0.39, 0.29) is 5.41 Å². The van der Waals surface area contributed by atoms with Crippen molar-refractivity contribution >= 4 is 23.2 Å². The molecule has 1 saturated heterocycles. The summed E-state index contributed by atoms with van der Waals surface area (Å²) in [6.07, 6.45) is 7.03. The number of rotatable bonds is 4. The number of ether oxygens (including phenoxy) is 1. The number of hydrogen-bond acceptors (Lipinski definition) is 2. The maximum atomic E-state index is 6.26. The molecule has 120 valence electrons. The van der Waals surface area contributed by atoms with E-state index < -0.39 is 0 Å². The summed E-state index contributed by atoms with van der Waals surface area (Å²) in [5.74, 6) is 1.32. The van der Waals surface area contributed by atoms with E-state index in [0.717, 1.165) is 19.7 Å². The number of hydrogen-bond donors (Lipinski definition) is 1. The van der Waals surface area contributed by atoms with Crippen LogP contribution in [0.3, 0.4) is 0 Å². The molecule has 1 heterocycles. The SMILES string of the molecule is Clc1ccc([C@]23CNC[C@H]2[C@@H]3COC2CCCCC2)cc1Cl. The maximum Gasteiger partial charge on any atom is 0.0595 e. The molecule has 0 unspecified atom stereocenters. The first kappa shape index (κ1) is 15.3. The molecule has 2 nitrogen and oxygen atoms in total. The fourth-order valence-corrected chi connectivity index (χ4v) is 4.98. The third kappa shape index (κ3) is 2.49. The van der Waals surface area contributed by atoms with Crippen LogP contribution >= 0.6 is 23.2 Å². The molecule has 2 aliphatic carbocycles. The molecular formula is C18H23Cl2NO. The Hall–Kier alpha value is -0.280. The van der Waals surface area contributed by atoms with Crippen molar-refractivity contribution in [2.75, 3.05) is 19.7 Å². The van der Waals surface area contributed by atoms with Crippen molar-refractivity contribution in [3.05, 3.63) is 33.8 Å². The molecule has 4 heteroatoms. The summed E-state index contributed by atoms with van der Waals surface area (Å²) in [6.45, 7) is 3.03. The predicted octanol–water partition coefficient (Wildman–Crippen LogP) is 4.43. The second kappa shape index (κ2) is 5.98. The minimum Gasteiger partial charge on any atom is -0.378 e. The fourth-order valence-electron chi connectivity index (χ4n) is 4.68. The van der Waals surface area contributed by atoms with Gasteiger partial charge in [0.1, 0.15) is 0 Å². The molecule has 3 fully saturated rings. The highest BCUT2D eigenvalue weighted by Crippen LogP contribution is 2.62. The van der Waals surface area contributed by atoms with Gasteiger partial charge >= 0.3 is 0 Å². The van der Waals surface area contributed by atoms with Gasteiger partial charge in [0.05, 0.1) is 22.8 Å². The highest BCUT2D eigenvalue weighted by molar-refractivity contribution is 6.42. The molecule has 3 aliphatic rings. The summed E-state index contributed by atoms with van der Waals surface area (Å²) in [5, 5.41) is 4.84. The molecule has 0 aromatic heterocycles. The van der Waals surface area contributed by atoms with Crippen molar-refractivity contribution in [3.63, 3.8) is 0 Å². The van der Waals surface area contributed by atoms with Gasteiger partial charge in [-0.05, 0) is 48.9 Å². The Morgan fingerprint density at radius 3 is 2.73 bits per heavy atom. The Balaban J connectivity index is 1.46. The first-order valence-electron chi connectivity index (χ1n) is 8.49. The van der Waals surface area contributed by atoms with Crippen molar-refractivity contribution in [2.24, 2.45) is 11.8 Å². The first-order valence-corrected chi connectivity index (χ1v) is 9.25. The average molecular weight is 340 g/mol. The van der Waals surface area contributed by atoms with Crippen molar-refractivity contribution < 1.29 is 4.74 Å². The van der Waals surface area contributed by atoms with Crippen LogP contribution < -0.4 is 5.32 Å². The molecule has 22 heavy (non-hydrogen) atoms. The third-order valence-electron chi connectivity index (χ3n) is 6.00. The molecule has 0 amide bonds. The molecule has 0 bridgehead atoms. The van der Waals surface area contributed by atoms with Crippen LogP contribution in [0.1, 0.15) is 37.7 Å². The van der Waals surface area contributed by atoms with Crippen LogP contribution in [-0.4, -0.2) is 25.8 Å². The van der Waals surface area contributed by atoms with Gasteiger partial charge in [-0.3, -0.25) is 0 Å². The Morgan fingerprint density at radius 2 is 1.95 bits per heavy atom. The molecule has 0 radical (unpaired) electrons. The van der Waals surface area contributed by atoms with Crippen molar-refractivity contribution in [1.29, 1.82) is 0 Å². The highest BCUT2D eigenvalue weighted by atomic mass is 35.5. The standard InChI is InChI=1S/C18H23Cl2NO/c19-16-7-6-12(8-17(16)20)18-11-21-9-14(18)15(18)10-22-13-4-2-1-3-5-13/h6-8,13-15,21H,1-5,9-11H2/t14-,15-,18+/m0/s1. The summed E-state index contributed by atoms with van der Waals surface area (Å²) < 4.78 is 6.26. The van der Waals surface area contributed by atoms with E-state index in [0.29, 0.717) is 28.0 Å². The van der Waals surface area contributed by atoms with Crippen LogP contribution in [0.25, 0.3) is 0 Å². The summed E-state index contributed by atoms with van der Waals surface area (Å²) in [4.78, 5) is 0. The van der Waals surface area contributed by atoms with Gasteiger partial charge < -0.3 is 10.1 Å². The zero-order valence-electron chi connectivity index (χ0n) is 12.8. The van der Waals surface area contributed by atoms with Crippen molar-refractivity contribution in [2.45, 2.75) is 43.6 Å². The number of nitrogens with one attached hydrogen (secondary N) is 1. The van der Waals surface area contributed by atoms with E-state index >= 15 is 0 Å². The van der Waals surface area contributed by atoms with Crippen LogP contribution in [0.2, 0.25) is 10.0 Å². The number of benzene rings is 1. The summed E-state index contributed by atoms with van der Waals surface area (Å²) in [5.41, 5.74) is 1.55. The predicted molar refractivity (Wildman–Crippen MR) is 90.8 cm³/mol. The molecule has 4 rings (SSSR count). The smallest absolute Gasteiger partial charge is 0.0595 e. The Bertz CT molecular complexity index is 558. The second-order valence-electron chi connectivity index (χ2n) is 7.11.